The average Bonchev–Trinajstić information content (AvgIpc) is 2.72. The lowest BCUT2D eigenvalue weighted by atomic mass is 10.1. The van der Waals surface area contributed by atoms with Crippen molar-refractivity contribution in [1.29, 1.82) is 0 Å². The fourth-order valence-electron chi connectivity index (χ4n) is 2.31. The van der Waals surface area contributed by atoms with E-state index in [1.165, 1.54) is 7.11 Å². The lowest BCUT2D eigenvalue weighted by molar-refractivity contribution is -0.394. The number of amides is 1. The molecular weight excluding hydrogens is 398 g/mol. The largest absolute Gasteiger partial charge is 0.494 e. The molecule has 0 aliphatic heterocycles. The molecule has 2 rings (SSSR count). The Balaban J connectivity index is 0.00000450. The Labute approximate surface area is 171 Å². The number of carbonyl (C=O) groups is 2. The quantitative estimate of drug-likeness (QED) is 0.282. The highest BCUT2D eigenvalue weighted by Crippen LogP contribution is 2.22. The predicted molar refractivity (Wildman–Crippen MR) is 107 cm³/mol. The highest BCUT2D eigenvalue weighted by Gasteiger charge is 2.19. The van der Waals surface area contributed by atoms with Gasteiger partial charge in [-0.3, -0.25) is 25.0 Å². The first kappa shape index (κ1) is 24.0. The van der Waals surface area contributed by atoms with E-state index in [1.807, 2.05) is 0 Å². The molecule has 1 amide bonds. The first-order valence-corrected chi connectivity index (χ1v) is 8.35. The van der Waals surface area contributed by atoms with E-state index in [9.17, 15) is 29.8 Å². The van der Waals surface area contributed by atoms with E-state index in [1.54, 1.807) is 24.3 Å². The van der Waals surface area contributed by atoms with E-state index in [2.05, 4.69) is 10.1 Å². The SMILES string of the molecule is C.COC(=O)c1ccc(OCCCNC(=O)c2cc([N+](=O)[O-])cc([N+](=O)[O-])c2)cc1. The van der Waals surface area contributed by atoms with Crippen LogP contribution >= 0.6 is 0 Å². The van der Waals surface area contributed by atoms with E-state index in [0.717, 1.165) is 18.2 Å². The van der Waals surface area contributed by atoms with Gasteiger partial charge in [0.05, 0.1) is 40.8 Å². The molecule has 2 aromatic rings. The zero-order valence-electron chi connectivity index (χ0n) is 15.3. The van der Waals surface area contributed by atoms with Crippen LogP contribution in [0.1, 0.15) is 34.6 Å². The lowest BCUT2D eigenvalue weighted by Gasteiger charge is -2.08. The third-order valence-electron chi connectivity index (χ3n) is 3.74. The molecule has 0 atom stereocenters. The van der Waals surface area contributed by atoms with Crippen molar-refractivity contribution in [2.24, 2.45) is 0 Å². The van der Waals surface area contributed by atoms with Crippen molar-refractivity contribution in [3.05, 3.63) is 73.8 Å². The summed E-state index contributed by atoms with van der Waals surface area (Å²) in [5.74, 6) is -0.599. The number of hydrogen-bond acceptors (Lipinski definition) is 8. The fraction of sp³-hybridized carbons (Fsp3) is 0.263. The summed E-state index contributed by atoms with van der Waals surface area (Å²) >= 11 is 0. The van der Waals surface area contributed by atoms with Crippen LogP contribution in [0.2, 0.25) is 0 Å². The van der Waals surface area contributed by atoms with Gasteiger partial charge in [-0.25, -0.2) is 4.79 Å². The first-order valence-electron chi connectivity index (χ1n) is 8.35. The molecule has 0 heterocycles. The topological polar surface area (TPSA) is 151 Å². The molecule has 1 N–H and O–H groups in total. The number of nitro benzene ring substituents is 2. The Hall–Kier alpha value is -4.02. The molecule has 0 fully saturated rings. The number of nitrogens with one attached hydrogen (secondary N) is 1. The van der Waals surface area contributed by atoms with Crippen molar-refractivity contribution in [3.8, 4) is 5.75 Å². The van der Waals surface area contributed by atoms with Crippen LogP contribution in [0.5, 0.6) is 5.75 Å². The van der Waals surface area contributed by atoms with Gasteiger partial charge < -0.3 is 14.8 Å². The highest BCUT2D eigenvalue weighted by atomic mass is 16.6. The monoisotopic (exact) mass is 419 g/mol. The molecule has 0 unspecified atom stereocenters. The number of non-ortho nitro benzene ring substituents is 2. The number of hydrogen-bond donors (Lipinski definition) is 1. The smallest absolute Gasteiger partial charge is 0.337 e. The molecule has 11 nitrogen and oxygen atoms in total. The molecule has 30 heavy (non-hydrogen) atoms. The second-order valence-corrected chi connectivity index (χ2v) is 5.73. The van der Waals surface area contributed by atoms with Gasteiger partial charge in [0.15, 0.2) is 0 Å². The maximum absolute atomic E-state index is 12.1. The maximum atomic E-state index is 12.1. The normalized spacial score (nSPS) is 9.77. The molecule has 160 valence electrons. The number of carbonyl (C=O) groups excluding carboxylic acids is 2. The minimum Gasteiger partial charge on any atom is -0.494 e. The molecule has 0 bridgehead atoms. The minimum absolute atomic E-state index is 0. The maximum Gasteiger partial charge on any atom is 0.337 e. The van der Waals surface area contributed by atoms with Crippen LogP contribution in [0.3, 0.4) is 0 Å². The van der Waals surface area contributed by atoms with Gasteiger partial charge in [-0.15, -0.1) is 0 Å². The van der Waals surface area contributed by atoms with Gasteiger partial charge >= 0.3 is 5.97 Å². The Morgan fingerprint density at radius 3 is 2.03 bits per heavy atom. The summed E-state index contributed by atoms with van der Waals surface area (Å²) in [6, 6.07) is 9.05. The van der Waals surface area contributed by atoms with Crippen LogP contribution in [-0.2, 0) is 4.74 Å². The molecule has 0 aliphatic carbocycles. The van der Waals surface area contributed by atoms with Gasteiger partial charge in [0.25, 0.3) is 17.3 Å². The summed E-state index contributed by atoms with van der Waals surface area (Å²) in [4.78, 5) is 43.6. The van der Waals surface area contributed by atoms with Gasteiger partial charge in [0, 0.05) is 18.7 Å². The van der Waals surface area contributed by atoms with Crippen LogP contribution < -0.4 is 10.1 Å². The third kappa shape index (κ3) is 6.55. The third-order valence-corrected chi connectivity index (χ3v) is 3.74. The molecule has 0 saturated carbocycles. The Morgan fingerprint density at radius 2 is 1.53 bits per heavy atom. The molecule has 0 aliphatic rings. The first-order chi connectivity index (χ1) is 13.8. The average molecular weight is 419 g/mol. The molecule has 0 radical (unpaired) electrons. The van der Waals surface area contributed by atoms with Gasteiger partial charge in [-0.2, -0.15) is 0 Å². The van der Waals surface area contributed by atoms with Crippen LogP contribution in [0.25, 0.3) is 0 Å². The van der Waals surface area contributed by atoms with E-state index in [4.69, 9.17) is 4.74 Å². The number of methoxy groups -OCH3 is 1. The summed E-state index contributed by atoms with van der Waals surface area (Å²) < 4.78 is 10.1. The second kappa shape index (κ2) is 11.1. The fourth-order valence-corrected chi connectivity index (χ4v) is 2.31. The summed E-state index contributed by atoms with van der Waals surface area (Å²) in [7, 11) is 1.28. The van der Waals surface area contributed by atoms with E-state index in [-0.39, 0.29) is 26.1 Å². The zero-order valence-corrected chi connectivity index (χ0v) is 15.3. The van der Waals surface area contributed by atoms with Gasteiger partial charge in [-0.05, 0) is 30.7 Å². The number of rotatable bonds is 9. The van der Waals surface area contributed by atoms with Gasteiger partial charge in [-0.1, -0.05) is 7.43 Å². The number of benzene rings is 2. The van der Waals surface area contributed by atoms with Crippen molar-refractivity contribution in [2.45, 2.75) is 13.8 Å². The van der Waals surface area contributed by atoms with Crippen LogP contribution in [0.4, 0.5) is 11.4 Å². The number of nitrogens with zero attached hydrogens (tertiary/aromatic N) is 2. The molecule has 0 aromatic heterocycles. The van der Waals surface area contributed by atoms with Crippen LogP contribution in [0, 0.1) is 20.2 Å². The summed E-state index contributed by atoms with van der Waals surface area (Å²) in [6.45, 7) is 0.447. The number of ether oxygens (including phenoxy) is 2. The van der Waals surface area contributed by atoms with E-state index >= 15 is 0 Å². The number of esters is 1. The van der Waals surface area contributed by atoms with E-state index in [0.29, 0.717) is 17.7 Å². The van der Waals surface area contributed by atoms with Crippen molar-refractivity contribution in [3.63, 3.8) is 0 Å². The minimum atomic E-state index is -0.802. The van der Waals surface area contributed by atoms with Gasteiger partial charge in [0.1, 0.15) is 5.75 Å². The van der Waals surface area contributed by atoms with Crippen molar-refractivity contribution < 1.29 is 28.9 Å². The molecule has 0 saturated heterocycles. The molecule has 2 aromatic carbocycles. The Bertz CT molecular complexity index is 896. The predicted octanol–water partition coefficient (Wildman–Crippen LogP) is 3.12. The standard InChI is InChI=1S/C18H17N3O8.CH4/c1-28-18(23)12-3-5-16(6-4-12)29-8-2-7-19-17(22)13-9-14(20(24)25)11-15(10-13)21(26)27;/h3-6,9-11H,2,7-8H2,1H3,(H,19,22);1H4. The van der Waals surface area contributed by atoms with Crippen molar-refractivity contribution >= 4 is 23.3 Å². The van der Waals surface area contributed by atoms with Crippen LogP contribution in [-0.4, -0.2) is 42.0 Å². The Kier molecular flexibility index (Phi) is 8.88. The summed E-state index contributed by atoms with van der Waals surface area (Å²) in [6.07, 6.45) is 0.418. The molecule has 11 heteroatoms. The van der Waals surface area contributed by atoms with Crippen molar-refractivity contribution in [2.75, 3.05) is 20.3 Å². The Morgan fingerprint density at radius 1 is 0.967 bits per heavy atom. The summed E-state index contributed by atoms with van der Waals surface area (Å²) in [5, 5.41) is 24.3. The highest BCUT2D eigenvalue weighted by molar-refractivity contribution is 5.95. The second-order valence-electron chi connectivity index (χ2n) is 5.73. The summed E-state index contributed by atoms with van der Waals surface area (Å²) in [5.41, 5.74) is -0.866. The van der Waals surface area contributed by atoms with Gasteiger partial charge in [0.2, 0.25) is 0 Å². The lowest BCUT2D eigenvalue weighted by Crippen LogP contribution is -2.25. The molecular formula is C19H21N3O8. The van der Waals surface area contributed by atoms with E-state index < -0.39 is 33.1 Å². The van der Waals surface area contributed by atoms with Crippen LogP contribution in [0.15, 0.2) is 42.5 Å². The van der Waals surface area contributed by atoms with Crippen molar-refractivity contribution in [1.82, 2.24) is 5.32 Å². The molecule has 0 spiro atoms. The number of nitro groups is 2. The zero-order chi connectivity index (χ0) is 21.4.